The highest BCUT2D eigenvalue weighted by molar-refractivity contribution is 8.03. The Bertz CT molecular complexity index is 135. The van der Waals surface area contributed by atoms with Gasteiger partial charge < -0.3 is 14.2 Å². The summed E-state index contributed by atoms with van der Waals surface area (Å²) in [5.41, 5.74) is 0. The lowest BCUT2D eigenvalue weighted by Gasteiger charge is -2.16. The zero-order valence-electron chi connectivity index (χ0n) is 9.28. The minimum atomic E-state index is 0.586. The molecule has 3 nitrogen and oxygen atoms in total. The minimum Gasteiger partial charge on any atom is -0.384 e. The Morgan fingerprint density at radius 3 is 2.60 bits per heavy atom. The lowest BCUT2D eigenvalue weighted by atomic mass is 10.5. The monoisotopic (exact) mass is 252 g/mol. The molecule has 5 heteroatoms. The Morgan fingerprint density at radius 2 is 1.87 bits per heavy atom. The molecule has 0 aromatic heterocycles. The van der Waals surface area contributed by atoms with Crippen molar-refractivity contribution in [2.75, 3.05) is 57.4 Å². The zero-order valence-corrected chi connectivity index (χ0v) is 10.9. The number of thioether (sulfide) groups is 2. The van der Waals surface area contributed by atoms with E-state index in [1.54, 1.807) is 7.11 Å². The van der Waals surface area contributed by atoms with E-state index in [2.05, 4.69) is 0 Å². The molecule has 1 rings (SSSR count). The topological polar surface area (TPSA) is 27.7 Å². The van der Waals surface area contributed by atoms with Crippen LogP contribution in [0, 0.1) is 0 Å². The first kappa shape index (κ1) is 13.6. The molecule has 1 heterocycles. The van der Waals surface area contributed by atoms with E-state index >= 15 is 0 Å². The maximum Gasteiger partial charge on any atom is 0.0700 e. The average molecular weight is 252 g/mol. The summed E-state index contributed by atoms with van der Waals surface area (Å²) in [5.74, 6) is 3.26. The number of rotatable bonds is 2. The molecule has 0 aliphatic carbocycles. The van der Waals surface area contributed by atoms with Crippen LogP contribution in [-0.2, 0) is 14.2 Å². The molecule has 1 atom stereocenters. The summed E-state index contributed by atoms with van der Waals surface area (Å²) >= 11 is 3.90. The van der Waals surface area contributed by atoms with Gasteiger partial charge in [-0.1, -0.05) is 0 Å². The molecule has 1 aliphatic heterocycles. The summed E-state index contributed by atoms with van der Waals surface area (Å²) in [4.78, 5) is 0. The third-order valence-corrected chi connectivity index (χ3v) is 4.46. The maximum absolute atomic E-state index is 5.44. The van der Waals surface area contributed by atoms with Gasteiger partial charge in [0.15, 0.2) is 0 Å². The van der Waals surface area contributed by atoms with Gasteiger partial charge in [0.25, 0.3) is 0 Å². The molecule has 0 saturated carbocycles. The number of hydrogen-bond donors (Lipinski definition) is 0. The van der Waals surface area contributed by atoms with Crippen LogP contribution in [-0.4, -0.2) is 62.7 Å². The van der Waals surface area contributed by atoms with Crippen molar-refractivity contribution in [1.29, 1.82) is 0 Å². The Morgan fingerprint density at radius 1 is 1.13 bits per heavy atom. The number of hydrogen-bond acceptors (Lipinski definition) is 5. The van der Waals surface area contributed by atoms with Crippen molar-refractivity contribution in [3.8, 4) is 0 Å². The largest absolute Gasteiger partial charge is 0.384 e. The molecule has 0 radical (unpaired) electrons. The van der Waals surface area contributed by atoms with Crippen LogP contribution in [0.25, 0.3) is 0 Å². The van der Waals surface area contributed by atoms with E-state index in [1.165, 1.54) is 0 Å². The Balaban J connectivity index is 2.19. The second kappa shape index (κ2) is 9.78. The van der Waals surface area contributed by atoms with Crippen LogP contribution in [0.15, 0.2) is 0 Å². The van der Waals surface area contributed by atoms with Crippen molar-refractivity contribution in [2.45, 2.75) is 5.25 Å². The third-order valence-electron chi connectivity index (χ3n) is 1.98. The summed E-state index contributed by atoms with van der Waals surface area (Å²) in [6, 6.07) is 0. The summed E-state index contributed by atoms with van der Waals surface area (Å²) in [6.07, 6.45) is 0. The molecule has 0 aromatic rings. The molecule has 1 unspecified atom stereocenters. The molecule has 1 fully saturated rings. The molecule has 1 saturated heterocycles. The van der Waals surface area contributed by atoms with Crippen LogP contribution in [0.3, 0.4) is 0 Å². The summed E-state index contributed by atoms with van der Waals surface area (Å²) in [6.45, 7) is 3.93. The summed E-state index contributed by atoms with van der Waals surface area (Å²) < 4.78 is 16.1. The fourth-order valence-electron chi connectivity index (χ4n) is 1.26. The van der Waals surface area contributed by atoms with Gasteiger partial charge >= 0.3 is 0 Å². The molecule has 90 valence electrons. The Kier molecular flexibility index (Phi) is 8.90. The first-order valence-electron chi connectivity index (χ1n) is 5.27. The predicted octanol–water partition coefficient (Wildman–Crippen LogP) is 1.51. The van der Waals surface area contributed by atoms with E-state index in [0.717, 1.165) is 50.3 Å². The second-order valence-electron chi connectivity index (χ2n) is 3.25. The molecule has 0 aromatic carbocycles. The molecule has 0 amide bonds. The number of ether oxygens (including phenoxy) is 3. The Hall–Kier alpha value is 0.580. The minimum absolute atomic E-state index is 0.586. The van der Waals surface area contributed by atoms with Crippen LogP contribution in [0.4, 0.5) is 0 Å². The standard InChI is InChI=1S/C10H20O3S2/c1-11-8-10-9-14-6-4-12-2-3-13-5-7-15-10/h10H,2-9H2,1H3. The molecule has 0 bridgehead atoms. The van der Waals surface area contributed by atoms with Crippen molar-refractivity contribution in [2.24, 2.45) is 0 Å². The van der Waals surface area contributed by atoms with Gasteiger partial charge in [-0.3, -0.25) is 0 Å². The molecule has 0 N–H and O–H groups in total. The van der Waals surface area contributed by atoms with Gasteiger partial charge in [-0.2, -0.15) is 23.5 Å². The molecular weight excluding hydrogens is 232 g/mol. The van der Waals surface area contributed by atoms with E-state index in [4.69, 9.17) is 14.2 Å². The predicted molar refractivity (Wildman–Crippen MR) is 67.1 cm³/mol. The SMILES string of the molecule is COCC1CSCCOCCOCCS1. The fourth-order valence-corrected chi connectivity index (χ4v) is 3.47. The second-order valence-corrected chi connectivity index (χ2v) is 5.81. The van der Waals surface area contributed by atoms with Gasteiger partial charge in [-0.15, -0.1) is 0 Å². The summed E-state index contributed by atoms with van der Waals surface area (Å²) in [5, 5.41) is 0.586. The fraction of sp³-hybridized carbons (Fsp3) is 1.00. The van der Waals surface area contributed by atoms with E-state index in [0.29, 0.717) is 5.25 Å². The quantitative estimate of drug-likeness (QED) is 0.743. The van der Waals surface area contributed by atoms with E-state index < -0.39 is 0 Å². The van der Waals surface area contributed by atoms with Crippen molar-refractivity contribution < 1.29 is 14.2 Å². The van der Waals surface area contributed by atoms with Gasteiger partial charge in [0.05, 0.1) is 33.0 Å². The van der Waals surface area contributed by atoms with Crippen molar-refractivity contribution in [1.82, 2.24) is 0 Å². The Labute approximate surface area is 101 Å². The highest BCUT2D eigenvalue weighted by Gasteiger charge is 2.09. The highest BCUT2D eigenvalue weighted by atomic mass is 32.2. The first-order chi connectivity index (χ1) is 7.43. The van der Waals surface area contributed by atoms with Crippen LogP contribution in [0.2, 0.25) is 0 Å². The van der Waals surface area contributed by atoms with E-state index in [-0.39, 0.29) is 0 Å². The van der Waals surface area contributed by atoms with Gasteiger partial charge in [-0.05, 0) is 0 Å². The molecular formula is C10H20O3S2. The summed E-state index contributed by atoms with van der Waals surface area (Å²) in [7, 11) is 1.76. The lowest BCUT2D eigenvalue weighted by Crippen LogP contribution is -2.18. The third kappa shape index (κ3) is 7.47. The zero-order chi connectivity index (χ0) is 10.8. The van der Waals surface area contributed by atoms with Crippen molar-refractivity contribution in [3.05, 3.63) is 0 Å². The smallest absolute Gasteiger partial charge is 0.0700 e. The van der Waals surface area contributed by atoms with Crippen LogP contribution in [0.1, 0.15) is 0 Å². The highest BCUT2D eigenvalue weighted by Crippen LogP contribution is 2.17. The van der Waals surface area contributed by atoms with Gasteiger partial charge in [0.1, 0.15) is 0 Å². The molecule has 0 spiro atoms. The van der Waals surface area contributed by atoms with Gasteiger partial charge in [0, 0.05) is 29.6 Å². The number of methoxy groups -OCH3 is 1. The van der Waals surface area contributed by atoms with Crippen molar-refractivity contribution >= 4 is 23.5 Å². The molecule has 15 heavy (non-hydrogen) atoms. The van der Waals surface area contributed by atoms with Crippen LogP contribution in [0.5, 0.6) is 0 Å². The average Bonchev–Trinajstić information content (AvgIpc) is 2.22. The van der Waals surface area contributed by atoms with Crippen LogP contribution >= 0.6 is 23.5 Å². The van der Waals surface area contributed by atoms with Crippen molar-refractivity contribution in [3.63, 3.8) is 0 Å². The van der Waals surface area contributed by atoms with Crippen LogP contribution < -0.4 is 0 Å². The van der Waals surface area contributed by atoms with Gasteiger partial charge in [0.2, 0.25) is 0 Å². The lowest BCUT2D eigenvalue weighted by molar-refractivity contribution is 0.0603. The normalized spacial score (nSPS) is 26.6. The maximum atomic E-state index is 5.44. The molecule has 1 aliphatic rings. The first-order valence-corrected chi connectivity index (χ1v) is 7.47. The van der Waals surface area contributed by atoms with Gasteiger partial charge in [-0.25, -0.2) is 0 Å². The van der Waals surface area contributed by atoms with E-state index in [9.17, 15) is 0 Å². The van der Waals surface area contributed by atoms with E-state index in [1.807, 2.05) is 23.5 Å².